The van der Waals surface area contributed by atoms with Gasteiger partial charge in [0, 0.05) is 17.7 Å². The lowest BCUT2D eigenvalue weighted by Gasteiger charge is -2.47. The lowest BCUT2D eigenvalue weighted by Crippen LogP contribution is -2.51. The fraction of sp³-hybridized carbons (Fsp3) is 0.500. The van der Waals surface area contributed by atoms with E-state index >= 15 is 0 Å². The Bertz CT molecular complexity index is 1330. The number of aliphatic carboxylic acids is 1. The van der Waals surface area contributed by atoms with Crippen LogP contribution in [0.15, 0.2) is 47.5 Å². The standard InChI is InChI=1S/C32H39ClFN3O4/c1-5-6-26(20-7-9-21(10-8-20)29(40)35-18-15-27(38)39)37-30(41)28(22-11-12-24(33)25(34)19-22)36-32(37)16-13-23(14-17-32)31(2,3)4/h7-12,19,23,26H,5-6,13-18H2,1-4H3,(H,35,40)(H,38,39)/t23?,26-,32?/m1/s1. The molecule has 2 aromatic carbocycles. The summed E-state index contributed by atoms with van der Waals surface area (Å²) >= 11 is 5.94. The Kier molecular flexibility index (Phi) is 9.22. The van der Waals surface area contributed by atoms with Crippen molar-refractivity contribution in [2.45, 2.75) is 84.3 Å². The van der Waals surface area contributed by atoms with Gasteiger partial charge >= 0.3 is 5.97 Å². The number of carbonyl (C=O) groups excluding carboxylic acids is 2. The number of nitrogens with one attached hydrogen (secondary N) is 1. The quantitative estimate of drug-likeness (QED) is 0.339. The number of hydrogen-bond acceptors (Lipinski definition) is 4. The summed E-state index contributed by atoms with van der Waals surface area (Å²) in [6.07, 6.45) is 4.63. The van der Waals surface area contributed by atoms with Crippen LogP contribution in [0.4, 0.5) is 4.39 Å². The molecule has 1 spiro atoms. The third-order valence-electron chi connectivity index (χ3n) is 8.45. The van der Waals surface area contributed by atoms with Crippen molar-refractivity contribution in [3.63, 3.8) is 0 Å². The third-order valence-corrected chi connectivity index (χ3v) is 8.76. The van der Waals surface area contributed by atoms with Gasteiger partial charge < -0.3 is 15.3 Å². The van der Waals surface area contributed by atoms with E-state index in [-0.39, 0.29) is 47.0 Å². The van der Waals surface area contributed by atoms with E-state index in [1.54, 1.807) is 18.2 Å². The molecule has 0 unspecified atom stereocenters. The van der Waals surface area contributed by atoms with Crippen molar-refractivity contribution in [2.24, 2.45) is 16.3 Å². The first-order valence-corrected chi connectivity index (χ1v) is 14.7. The largest absolute Gasteiger partial charge is 0.481 e. The molecule has 2 amide bonds. The molecule has 1 saturated carbocycles. The number of benzene rings is 2. The second-order valence-corrected chi connectivity index (χ2v) is 12.6. The maximum Gasteiger partial charge on any atom is 0.305 e. The number of amides is 2. The minimum Gasteiger partial charge on any atom is -0.481 e. The van der Waals surface area contributed by atoms with Crippen LogP contribution >= 0.6 is 11.6 Å². The Morgan fingerprint density at radius 1 is 1.17 bits per heavy atom. The van der Waals surface area contributed by atoms with E-state index in [1.165, 1.54) is 12.1 Å². The fourth-order valence-electron chi connectivity index (χ4n) is 6.13. The SMILES string of the molecule is CCC[C@H](c1ccc(C(=O)NCCC(=O)O)cc1)N1C(=O)C(c2ccc(Cl)c(F)c2)=NC12CCC(C(C)(C)C)CC2. The van der Waals surface area contributed by atoms with Crippen LogP contribution in [0.5, 0.6) is 0 Å². The average Bonchev–Trinajstić information content (AvgIpc) is 3.19. The molecular weight excluding hydrogens is 545 g/mol. The normalized spacial score (nSPS) is 21.6. The summed E-state index contributed by atoms with van der Waals surface area (Å²) in [5.41, 5.74) is 1.38. The number of aliphatic imine (C=N–C) groups is 1. The smallest absolute Gasteiger partial charge is 0.305 e. The summed E-state index contributed by atoms with van der Waals surface area (Å²) in [5.74, 6) is -1.65. The predicted molar refractivity (Wildman–Crippen MR) is 158 cm³/mol. The highest BCUT2D eigenvalue weighted by Gasteiger charge is 2.52. The molecule has 41 heavy (non-hydrogen) atoms. The maximum absolute atomic E-state index is 14.5. The molecule has 0 bridgehead atoms. The van der Waals surface area contributed by atoms with Crippen LogP contribution in [0.25, 0.3) is 0 Å². The zero-order valence-electron chi connectivity index (χ0n) is 24.2. The molecule has 1 aliphatic carbocycles. The van der Waals surface area contributed by atoms with Crippen LogP contribution in [0.2, 0.25) is 5.02 Å². The summed E-state index contributed by atoms with van der Waals surface area (Å²) < 4.78 is 14.5. The first kappa shape index (κ1) is 30.7. The van der Waals surface area contributed by atoms with Gasteiger partial charge in [-0.15, -0.1) is 0 Å². The zero-order valence-corrected chi connectivity index (χ0v) is 24.9. The number of halogens is 2. The summed E-state index contributed by atoms with van der Waals surface area (Å²) in [7, 11) is 0. The molecule has 0 aromatic heterocycles. The van der Waals surface area contributed by atoms with E-state index < -0.39 is 17.4 Å². The Hall–Kier alpha value is -3.26. The molecule has 1 fully saturated rings. The number of carboxylic acids is 1. The van der Waals surface area contributed by atoms with Crippen molar-refractivity contribution in [3.05, 3.63) is 70.0 Å². The van der Waals surface area contributed by atoms with Crippen LogP contribution < -0.4 is 5.32 Å². The van der Waals surface area contributed by atoms with Gasteiger partial charge in [0.15, 0.2) is 0 Å². The highest BCUT2D eigenvalue weighted by atomic mass is 35.5. The minimum atomic E-state index is -0.980. The number of carboxylic acid groups (broad SMARTS) is 1. The Morgan fingerprint density at radius 2 is 1.83 bits per heavy atom. The van der Waals surface area contributed by atoms with Crippen LogP contribution in [0, 0.1) is 17.2 Å². The van der Waals surface area contributed by atoms with Gasteiger partial charge in [-0.2, -0.15) is 0 Å². The summed E-state index contributed by atoms with van der Waals surface area (Å²) in [4.78, 5) is 44.5. The van der Waals surface area contributed by atoms with Crippen molar-refractivity contribution in [2.75, 3.05) is 6.54 Å². The molecule has 1 atom stereocenters. The third kappa shape index (κ3) is 6.64. The van der Waals surface area contributed by atoms with Gasteiger partial charge in [0.25, 0.3) is 11.8 Å². The molecule has 1 heterocycles. The lowest BCUT2D eigenvalue weighted by molar-refractivity contribution is -0.137. The summed E-state index contributed by atoms with van der Waals surface area (Å²) in [6, 6.07) is 11.2. The van der Waals surface area contributed by atoms with Crippen LogP contribution in [0.1, 0.15) is 100 Å². The molecule has 1 aliphatic heterocycles. The summed E-state index contributed by atoms with van der Waals surface area (Å²) in [6.45, 7) is 8.85. The molecular formula is C32H39ClFN3O4. The van der Waals surface area contributed by atoms with E-state index in [0.717, 1.165) is 24.8 Å². The van der Waals surface area contributed by atoms with Gasteiger partial charge in [0.05, 0.1) is 17.5 Å². The van der Waals surface area contributed by atoms with Crippen molar-refractivity contribution < 1.29 is 23.9 Å². The van der Waals surface area contributed by atoms with E-state index in [1.807, 2.05) is 17.0 Å². The number of hydrogen-bond donors (Lipinski definition) is 2. The Labute approximate surface area is 246 Å². The molecule has 2 aliphatic rings. The summed E-state index contributed by atoms with van der Waals surface area (Å²) in [5, 5.41) is 11.4. The lowest BCUT2D eigenvalue weighted by atomic mass is 9.69. The second kappa shape index (κ2) is 12.3. The van der Waals surface area contributed by atoms with Crippen LogP contribution in [-0.4, -0.2) is 45.7 Å². The highest BCUT2D eigenvalue weighted by molar-refractivity contribution is 6.47. The van der Waals surface area contributed by atoms with E-state index in [4.69, 9.17) is 21.7 Å². The number of nitrogens with zero attached hydrogens (tertiary/aromatic N) is 2. The fourth-order valence-corrected chi connectivity index (χ4v) is 6.25. The highest BCUT2D eigenvalue weighted by Crippen LogP contribution is 2.50. The zero-order chi connectivity index (χ0) is 29.9. The molecule has 9 heteroatoms. The molecule has 0 radical (unpaired) electrons. The van der Waals surface area contributed by atoms with Crippen molar-refractivity contribution in [1.29, 1.82) is 0 Å². The van der Waals surface area contributed by atoms with E-state index in [0.29, 0.717) is 36.3 Å². The van der Waals surface area contributed by atoms with Gasteiger partial charge in [-0.05, 0) is 73.3 Å². The topological polar surface area (TPSA) is 99.1 Å². The maximum atomic E-state index is 14.5. The Balaban J connectivity index is 1.68. The molecule has 0 saturated heterocycles. The van der Waals surface area contributed by atoms with E-state index in [2.05, 4.69) is 33.0 Å². The molecule has 220 valence electrons. The van der Waals surface area contributed by atoms with Gasteiger partial charge in [0.2, 0.25) is 0 Å². The van der Waals surface area contributed by atoms with Crippen LogP contribution in [0.3, 0.4) is 0 Å². The monoisotopic (exact) mass is 583 g/mol. The van der Waals surface area contributed by atoms with Gasteiger partial charge in [-0.3, -0.25) is 19.4 Å². The Morgan fingerprint density at radius 3 is 2.39 bits per heavy atom. The molecule has 7 nitrogen and oxygen atoms in total. The van der Waals surface area contributed by atoms with Crippen LogP contribution in [-0.2, 0) is 9.59 Å². The van der Waals surface area contributed by atoms with Crippen molar-refractivity contribution in [1.82, 2.24) is 10.2 Å². The predicted octanol–water partition coefficient (Wildman–Crippen LogP) is 6.79. The second-order valence-electron chi connectivity index (χ2n) is 12.2. The first-order chi connectivity index (χ1) is 19.4. The average molecular weight is 584 g/mol. The molecule has 2 N–H and O–H groups in total. The van der Waals surface area contributed by atoms with Gasteiger partial charge in [0.1, 0.15) is 17.2 Å². The van der Waals surface area contributed by atoms with E-state index in [9.17, 15) is 18.8 Å². The molecule has 4 rings (SSSR count). The van der Waals surface area contributed by atoms with Crippen molar-refractivity contribution >= 4 is 35.1 Å². The number of rotatable bonds is 9. The van der Waals surface area contributed by atoms with Crippen molar-refractivity contribution in [3.8, 4) is 0 Å². The first-order valence-electron chi connectivity index (χ1n) is 14.3. The number of carbonyl (C=O) groups is 3. The van der Waals surface area contributed by atoms with Gasteiger partial charge in [-0.1, -0.05) is 63.9 Å². The molecule has 2 aromatic rings. The van der Waals surface area contributed by atoms with Gasteiger partial charge in [-0.25, -0.2) is 4.39 Å². The minimum absolute atomic E-state index is 0.00648.